The van der Waals surface area contributed by atoms with E-state index >= 15 is 0 Å². The third-order valence-corrected chi connectivity index (χ3v) is 6.48. The first-order chi connectivity index (χ1) is 18.4. The van der Waals surface area contributed by atoms with E-state index in [1.807, 2.05) is 48.5 Å². The van der Waals surface area contributed by atoms with Gasteiger partial charge in [0, 0.05) is 22.3 Å². The maximum Gasteiger partial charge on any atom is 0.248 e. The summed E-state index contributed by atoms with van der Waals surface area (Å²) in [5.41, 5.74) is 4.73. The van der Waals surface area contributed by atoms with Crippen molar-refractivity contribution in [1.82, 2.24) is 20.4 Å². The van der Waals surface area contributed by atoms with Crippen molar-refractivity contribution in [3.63, 3.8) is 0 Å². The molecule has 0 atom stereocenters. The summed E-state index contributed by atoms with van der Waals surface area (Å²) in [5, 5.41) is 37.9. The summed E-state index contributed by atoms with van der Waals surface area (Å²) < 4.78 is 11.9. The molecule has 0 aliphatic rings. The maximum atomic E-state index is 11.8. The summed E-state index contributed by atoms with van der Waals surface area (Å²) >= 11 is 0. The molecule has 0 spiro atoms. The second kappa shape index (κ2) is 9.76. The Morgan fingerprint density at radius 2 is 0.897 bits per heavy atom. The van der Waals surface area contributed by atoms with Gasteiger partial charge in [0.25, 0.3) is 0 Å². The van der Waals surface area contributed by atoms with Crippen molar-refractivity contribution in [2.75, 3.05) is 5.23 Å². The molecule has 0 unspecified atom stereocenters. The SMILES string of the molecule is CC(C)(C)c1ccc(-c2nnc(-c3cc(-c4nnc(-c5ccc(C(C)(C)C)cc5)o4)cc(N([O-])O)c3)o2)cc1. The van der Waals surface area contributed by atoms with Crippen LogP contribution in [-0.2, 0) is 10.8 Å². The van der Waals surface area contributed by atoms with Gasteiger partial charge in [-0.05, 0) is 64.4 Å². The first kappa shape index (κ1) is 26.3. The van der Waals surface area contributed by atoms with E-state index in [9.17, 15) is 10.4 Å². The summed E-state index contributed by atoms with van der Waals surface area (Å²) in [6.45, 7) is 12.9. The molecule has 2 aromatic heterocycles. The fourth-order valence-electron chi connectivity index (χ4n) is 4.11. The van der Waals surface area contributed by atoms with Crippen LogP contribution in [0.25, 0.3) is 45.8 Å². The monoisotopic (exact) mass is 524 g/mol. The zero-order valence-corrected chi connectivity index (χ0v) is 22.8. The third-order valence-electron chi connectivity index (χ3n) is 6.48. The predicted octanol–water partition coefficient (Wildman–Crippen LogP) is 7.41. The van der Waals surface area contributed by atoms with Crippen molar-refractivity contribution in [1.29, 1.82) is 0 Å². The number of aromatic nitrogens is 4. The number of anilines is 1. The highest BCUT2D eigenvalue weighted by atomic mass is 16.8. The zero-order valence-electron chi connectivity index (χ0n) is 22.8. The molecule has 9 heteroatoms. The average Bonchev–Trinajstić information content (AvgIpc) is 3.58. The van der Waals surface area contributed by atoms with E-state index < -0.39 is 0 Å². The lowest BCUT2D eigenvalue weighted by Crippen LogP contribution is -2.10. The fraction of sp³-hybridized carbons (Fsp3) is 0.267. The van der Waals surface area contributed by atoms with Crippen molar-refractivity contribution >= 4 is 5.69 Å². The molecule has 2 heterocycles. The normalized spacial score (nSPS) is 12.1. The summed E-state index contributed by atoms with van der Waals surface area (Å²) in [5.74, 6) is 1.01. The second-order valence-electron chi connectivity index (χ2n) is 11.5. The number of hydrogen-bond donors (Lipinski definition) is 1. The molecule has 5 rings (SSSR count). The molecular formula is C30H30N5O4-. The Kier molecular flexibility index (Phi) is 6.57. The standard InChI is InChI=1S/C30H30N5O4/c1-29(2,3)22-11-7-18(8-12-22)25-31-33-27(38-25)20-15-21(17-24(16-20)35(36)37)28-34-32-26(39-28)19-9-13-23(14-10-19)30(4,5)6/h7-17,36H,1-6H3/q-1. The zero-order chi connectivity index (χ0) is 27.9. The van der Waals surface area contributed by atoms with Crippen LogP contribution in [0.5, 0.6) is 0 Å². The van der Waals surface area contributed by atoms with Crippen LogP contribution in [0.3, 0.4) is 0 Å². The Balaban J connectivity index is 1.46. The van der Waals surface area contributed by atoms with Crippen molar-refractivity contribution < 1.29 is 14.0 Å². The van der Waals surface area contributed by atoms with Gasteiger partial charge in [-0.3, -0.25) is 5.21 Å². The molecule has 0 amide bonds. The van der Waals surface area contributed by atoms with Gasteiger partial charge in [0.05, 0.1) is 5.69 Å². The topological polar surface area (TPSA) is 124 Å². The molecule has 0 bridgehead atoms. The Labute approximate surface area is 226 Å². The molecule has 9 nitrogen and oxygen atoms in total. The number of rotatable bonds is 5. The number of benzene rings is 3. The largest absolute Gasteiger partial charge is 0.733 e. The summed E-state index contributed by atoms with van der Waals surface area (Å²) in [7, 11) is 0. The molecule has 0 saturated heterocycles. The van der Waals surface area contributed by atoms with Crippen LogP contribution in [0.2, 0.25) is 0 Å². The van der Waals surface area contributed by atoms with Gasteiger partial charge in [0.15, 0.2) is 0 Å². The van der Waals surface area contributed by atoms with E-state index in [0.29, 0.717) is 22.9 Å². The van der Waals surface area contributed by atoms with Crippen molar-refractivity contribution in [3.8, 4) is 45.8 Å². The minimum Gasteiger partial charge on any atom is -0.733 e. The van der Waals surface area contributed by atoms with Crippen LogP contribution < -0.4 is 5.23 Å². The van der Waals surface area contributed by atoms with E-state index in [1.165, 1.54) is 23.3 Å². The van der Waals surface area contributed by atoms with Gasteiger partial charge in [-0.1, -0.05) is 65.8 Å². The van der Waals surface area contributed by atoms with E-state index in [1.54, 1.807) is 6.07 Å². The Bertz CT molecular complexity index is 1470. The van der Waals surface area contributed by atoms with Crippen LogP contribution in [0.4, 0.5) is 5.69 Å². The van der Waals surface area contributed by atoms with Gasteiger partial charge in [-0.2, -0.15) is 0 Å². The molecule has 0 aliphatic carbocycles. The molecule has 39 heavy (non-hydrogen) atoms. The first-order valence-corrected chi connectivity index (χ1v) is 12.6. The molecule has 0 fully saturated rings. The number of hydrogen-bond acceptors (Lipinski definition) is 9. The highest BCUT2D eigenvalue weighted by Crippen LogP contribution is 2.34. The average molecular weight is 525 g/mol. The van der Waals surface area contributed by atoms with Crippen LogP contribution in [0, 0.1) is 5.21 Å². The Hall–Kier alpha value is -4.34. The molecule has 0 radical (unpaired) electrons. The third kappa shape index (κ3) is 5.59. The molecular weight excluding hydrogens is 494 g/mol. The maximum absolute atomic E-state index is 11.8. The van der Waals surface area contributed by atoms with Crippen LogP contribution in [0.1, 0.15) is 52.7 Å². The van der Waals surface area contributed by atoms with Gasteiger partial charge >= 0.3 is 0 Å². The highest BCUT2D eigenvalue weighted by Gasteiger charge is 2.19. The molecule has 3 aromatic carbocycles. The molecule has 0 aliphatic heterocycles. The van der Waals surface area contributed by atoms with Gasteiger partial charge in [0.2, 0.25) is 23.6 Å². The lowest BCUT2D eigenvalue weighted by atomic mass is 9.87. The van der Waals surface area contributed by atoms with E-state index in [-0.39, 0.29) is 33.5 Å². The molecule has 200 valence electrons. The highest BCUT2D eigenvalue weighted by molar-refractivity contribution is 5.73. The minimum absolute atomic E-state index is 0.0222. The first-order valence-electron chi connectivity index (χ1n) is 12.6. The summed E-state index contributed by atoms with van der Waals surface area (Å²) in [6, 6.07) is 20.4. The van der Waals surface area contributed by atoms with E-state index in [4.69, 9.17) is 8.83 Å². The summed E-state index contributed by atoms with van der Waals surface area (Å²) in [4.78, 5) is 0. The lowest BCUT2D eigenvalue weighted by Gasteiger charge is -2.22. The van der Waals surface area contributed by atoms with Crippen LogP contribution >= 0.6 is 0 Å². The Morgan fingerprint density at radius 1 is 0.564 bits per heavy atom. The molecule has 0 saturated carbocycles. The van der Waals surface area contributed by atoms with Gasteiger partial charge in [-0.25, -0.2) is 0 Å². The molecule has 5 aromatic rings. The number of nitrogens with zero attached hydrogens (tertiary/aromatic N) is 5. The van der Waals surface area contributed by atoms with Crippen LogP contribution in [0.15, 0.2) is 75.6 Å². The fourth-order valence-corrected chi connectivity index (χ4v) is 4.11. The minimum atomic E-state index is -0.238. The van der Waals surface area contributed by atoms with Gasteiger partial charge < -0.3 is 19.3 Å². The second-order valence-corrected chi connectivity index (χ2v) is 11.5. The van der Waals surface area contributed by atoms with Crippen molar-refractivity contribution in [2.45, 2.75) is 52.4 Å². The Morgan fingerprint density at radius 3 is 1.21 bits per heavy atom. The van der Waals surface area contributed by atoms with E-state index in [2.05, 4.69) is 61.9 Å². The summed E-state index contributed by atoms with van der Waals surface area (Å²) in [6.07, 6.45) is 0. The predicted molar refractivity (Wildman–Crippen MR) is 149 cm³/mol. The quantitative estimate of drug-likeness (QED) is 0.234. The van der Waals surface area contributed by atoms with Crippen molar-refractivity contribution in [2.24, 2.45) is 0 Å². The van der Waals surface area contributed by atoms with Gasteiger partial charge in [-0.15, -0.1) is 20.4 Å². The lowest BCUT2D eigenvalue weighted by molar-refractivity contribution is 0.296. The smallest absolute Gasteiger partial charge is 0.248 e. The van der Waals surface area contributed by atoms with Gasteiger partial charge in [0.1, 0.15) is 0 Å². The van der Waals surface area contributed by atoms with Crippen LogP contribution in [-0.4, -0.2) is 25.6 Å². The molecule has 1 N–H and O–H groups in total. The van der Waals surface area contributed by atoms with E-state index in [0.717, 1.165) is 11.1 Å². The van der Waals surface area contributed by atoms with Crippen molar-refractivity contribution in [3.05, 3.63) is 83.1 Å².